The van der Waals surface area contributed by atoms with Gasteiger partial charge in [0.2, 0.25) is 0 Å². The van der Waals surface area contributed by atoms with Crippen LogP contribution in [0.1, 0.15) is 0 Å². The molecule has 0 unspecified atom stereocenters. The molecule has 0 aliphatic rings. The molecule has 0 saturated carbocycles. The largest absolute Gasteiger partial charge is 0.456 e. The van der Waals surface area contributed by atoms with E-state index in [-0.39, 0.29) is 0 Å². The van der Waals surface area contributed by atoms with Crippen molar-refractivity contribution in [3.8, 4) is 11.5 Å². The highest BCUT2D eigenvalue weighted by Crippen LogP contribution is 2.33. The lowest BCUT2D eigenvalue weighted by atomic mass is 10.1. The number of fused-ring (bicyclic) bond motifs is 2. The zero-order chi connectivity index (χ0) is 14.9. The Bertz CT molecular complexity index is 976. The van der Waals surface area contributed by atoms with Crippen LogP contribution in [-0.4, -0.2) is 4.98 Å². The molecule has 0 fully saturated rings. The Labute approximate surface area is 132 Å². The van der Waals surface area contributed by atoms with Crippen molar-refractivity contribution in [2.75, 3.05) is 0 Å². The zero-order valence-corrected chi connectivity index (χ0v) is 12.4. The van der Waals surface area contributed by atoms with Gasteiger partial charge in [0.1, 0.15) is 11.5 Å². The van der Waals surface area contributed by atoms with Crippen molar-refractivity contribution < 1.29 is 4.74 Å². The fourth-order valence-electron chi connectivity index (χ4n) is 2.59. The first kappa shape index (κ1) is 13.1. The molecule has 0 atom stereocenters. The molecule has 1 heterocycles. The summed E-state index contributed by atoms with van der Waals surface area (Å²) in [7, 11) is 0. The van der Waals surface area contributed by atoms with Gasteiger partial charge < -0.3 is 4.74 Å². The van der Waals surface area contributed by atoms with Crippen molar-refractivity contribution in [1.29, 1.82) is 0 Å². The van der Waals surface area contributed by atoms with Gasteiger partial charge in [-0.15, -0.1) is 0 Å². The van der Waals surface area contributed by atoms with Crippen LogP contribution in [0.25, 0.3) is 21.7 Å². The number of rotatable bonds is 2. The Morgan fingerprint density at radius 2 is 1.59 bits per heavy atom. The van der Waals surface area contributed by atoms with Crippen LogP contribution in [-0.2, 0) is 0 Å². The number of hydrogen-bond donors (Lipinski definition) is 0. The maximum absolute atomic E-state index is 6.16. The molecule has 3 heteroatoms. The van der Waals surface area contributed by atoms with E-state index in [4.69, 9.17) is 16.3 Å². The zero-order valence-electron chi connectivity index (χ0n) is 11.7. The number of pyridine rings is 1. The number of nitrogens with zero attached hydrogens (tertiary/aromatic N) is 1. The van der Waals surface area contributed by atoms with E-state index in [1.54, 1.807) is 6.20 Å². The summed E-state index contributed by atoms with van der Waals surface area (Å²) in [4.78, 5) is 4.34. The number of aromatic nitrogens is 1. The van der Waals surface area contributed by atoms with Crippen LogP contribution >= 0.6 is 11.6 Å². The Kier molecular flexibility index (Phi) is 3.17. The summed E-state index contributed by atoms with van der Waals surface area (Å²) in [6.45, 7) is 0. The minimum atomic E-state index is 0.669. The average Bonchev–Trinajstić information content (AvgIpc) is 2.55. The van der Waals surface area contributed by atoms with E-state index in [1.807, 2.05) is 48.5 Å². The molecule has 3 aromatic carbocycles. The standard InChI is InChI=1S/C19H12ClNO/c20-14-8-9-16-17(12-14)21-11-10-19(16)22-18-7-3-5-13-4-1-2-6-15(13)18/h1-12H. The van der Waals surface area contributed by atoms with E-state index >= 15 is 0 Å². The van der Waals surface area contributed by atoms with Gasteiger partial charge >= 0.3 is 0 Å². The fraction of sp³-hybridized carbons (Fsp3) is 0. The molecule has 0 radical (unpaired) electrons. The summed E-state index contributed by atoms with van der Waals surface area (Å²) < 4.78 is 6.16. The summed E-state index contributed by atoms with van der Waals surface area (Å²) in [5.74, 6) is 1.61. The molecule has 0 aliphatic carbocycles. The Hall–Kier alpha value is -2.58. The molecule has 0 amide bonds. The van der Waals surface area contributed by atoms with Crippen molar-refractivity contribution in [3.05, 3.63) is 77.9 Å². The summed E-state index contributed by atoms with van der Waals surface area (Å²) in [6, 6.07) is 21.7. The molecule has 4 aromatic rings. The van der Waals surface area contributed by atoms with Gasteiger partial charge in [0.25, 0.3) is 0 Å². The smallest absolute Gasteiger partial charge is 0.138 e. The highest BCUT2D eigenvalue weighted by molar-refractivity contribution is 6.31. The first-order chi connectivity index (χ1) is 10.8. The predicted octanol–water partition coefficient (Wildman–Crippen LogP) is 5.83. The fourth-order valence-corrected chi connectivity index (χ4v) is 2.75. The normalized spacial score (nSPS) is 11.0. The molecular weight excluding hydrogens is 294 g/mol. The van der Waals surface area contributed by atoms with Gasteiger partial charge in [0, 0.05) is 22.0 Å². The second-order valence-electron chi connectivity index (χ2n) is 5.05. The second-order valence-corrected chi connectivity index (χ2v) is 5.49. The van der Waals surface area contributed by atoms with Crippen molar-refractivity contribution in [2.24, 2.45) is 0 Å². The van der Waals surface area contributed by atoms with E-state index in [1.165, 1.54) is 0 Å². The Morgan fingerprint density at radius 3 is 2.55 bits per heavy atom. The minimum Gasteiger partial charge on any atom is -0.456 e. The van der Waals surface area contributed by atoms with Crippen LogP contribution in [0.5, 0.6) is 11.5 Å². The summed E-state index contributed by atoms with van der Waals surface area (Å²) in [5.41, 5.74) is 0.824. The Morgan fingerprint density at radius 1 is 0.773 bits per heavy atom. The monoisotopic (exact) mass is 305 g/mol. The summed E-state index contributed by atoms with van der Waals surface area (Å²) >= 11 is 6.03. The number of hydrogen-bond acceptors (Lipinski definition) is 2. The van der Waals surface area contributed by atoms with Gasteiger partial charge in [-0.25, -0.2) is 0 Å². The number of halogens is 1. The lowest BCUT2D eigenvalue weighted by Crippen LogP contribution is -1.89. The van der Waals surface area contributed by atoms with Crippen LogP contribution < -0.4 is 4.74 Å². The molecule has 22 heavy (non-hydrogen) atoms. The summed E-state index contributed by atoms with van der Waals surface area (Å²) in [5, 5.41) is 3.85. The lowest BCUT2D eigenvalue weighted by Gasteiger charge is -2.11. The van der Waals surface area contributed by atoms with Gasteiger partial charge in [-0.2, -0.15) is 0 Å². The van der Waals surface area contributed by atoms with Crippen molar-refractivity contribution in [3.63, 3.8) is 0 Å². The first-order valence-corrected chi connectivity index (χ1v) is 7.39. The van der Waals surface area contributed by atoms with Crippen LogP contribution in [0, 0.1) is 0 Å². The molecule has 0 spiro atoms. The third kappa shape index (κ3) is 2.28. The average molecular weight is 306 g/mol. The second kappa shape index (κ2) is 5.32. The summed E-state index contributed by atoms with van der Waals surface area (Å²) in [6.07, 6.45) is 1.74. The van der Waals surface area contributed by atoms with Gasteiger partial charge in [0.05, 0.1) is 5.52 Å². The van der Waals surface area contributed by atoms with Crippen LogP contribution in [0.2, 0.25) is 5.02 Å². The highest BCUT2D eigenvalue weighted by atomic mass is 35.5. The van der Waals surface area contributed by atoms with Crippen molar-refractivity contribution >= 4 is 33.3 Å². The quantitative estimate of drug-likeness (QED) is 0.464. The van der Waals surface area contributed by atoms with E-state index in [0.717, 1.165) is 33.2 Å². The van der Waals surface area contributed by atoms with Crippen molar-refractivity contribution in [2.45, 2.75) is 0 Å². The SMILES string of the molecule is Clc1ccc2c(Oc3cccc4ccccc34)ccnc2c1. The highest BCUT2D eigenvalue weighted by Gasteiger charge is 2.07. The molecular formula is C19H12ClNO. The lowest BCUT2D eigenvalue weighted by molar-refractivity contribution is 0.493. The maximum atomic E-state index is 6.16. The molecule has 106 valence electrons. The molecule has 0 saturated heterocycles. The topological polar surface area (TPSA) is 22.1 Å². The van der Waals surface area contributed by atoms with E-state index < -0.39 is 0 Å². The molecule has 0 N–H and O–H groups in total. The molecule has 4 rings (SSSR count). The van der Waals surface area contributed by atoms with E-state index in [0.29, 0.717) is 5.02 Å². The minimum absolute atomic E-state index is 0.669. The molecule has 1 aromatic heterocycles. The van der Waals surface area contributed by atoms with Gasteiger partial charge in [-0.1, -0.05) is 48.0 Å². The number of benzene rings is 3. The molecule has 0 bridgehead atoms. The first-order valence-electron chi connectivity index (χ1n) is 7.01. The molecule has 0 aliphatic heterocycles. The Balaban J connectivity index is 1.86. The van der Waals surface area contributed by atoms with Gasteiger partial charge in [0.15, 0.2) is 0 Å². The van der Waals surface area contributed by atoms with E-state index in [9.17, 15) is 0 Å². The van der Waals surface area contributed by atoms with Gasteiger partial charge in [-0.05, 0) is 35.7 Å². The predicted molar refractivity (Wildman–Crippen MR) is 90.8 cm³/mol. The maximum Gasteiger partial charge on any atom is 0.138 e. The van der Waals surface area contributed by atoms with Crippen molar-refractivity contribution in [1.82, 2.24) is 4.98 Å². The van der Waals surface area contributed by atoms with E-state index in [2.05, 4.69) is 23.2 Å². The van der Waals surface area contributed by atoms with Crippen LogP contribution in [0.4, 0.5) is 0 Å². The van der Waals surface area contributed by atoms with Crippen LogP contribution in [0.15, 0.2) is 72.9 Å². The number of ether oxygens (including phenoxy) is 1. The van der Waals surface area contributed by atoms with Crippen LogP contribution in [0.3, 0.4) is 0 Å². The van der Waals surface area contributed by atoms with Gasteiger partial charge in [-0.3, -0.25) is 4.98 Å². The molecule has 2 nitrogen and oxygen atoms in total. The third-order valence-corrected chi connectivity index (χ3v) is 3.87. The third-order valence-electron chi connectivity index (χ3n) is 3.63.